The molecule has 140 valence electrons. The van der Waals surface area contributed by atoms with Crippen LogP contribution in [0, 0.1) is 0 Å². The summed E-state index contributed by atoms with van der Waals surface area (Å²) < 4.78 is 0. The lowest BCUT2D eigenvalue weighted by atomic mass is 10.1. The summed E-state index contributed by atoms with van der Waals surface area (Å²) in [4.78, 5) is 2.67. The fourth-order valence-electron chi connectivity index (χ4n) is 3.37. The number of nitrogens with zero attached hydrogens (tertiary/aromatic N) is 1. The summed E-state index contributed by atoms with van der Waals surface area (Å²) in [6, 6.07) is 0. The summed E-state index contributed by atoms with van der Waals surface area (Å²) in [6.07, 6.45) is 23.0. The highest BCUT2D eigenvalue weighted by Crippen LogP contribution is 2.11. The van der Waals surface area contributed by atoms with E-state index in [0.29, 0.717) is 0 Å². The molecule has 0 aromatic heterocycles. The molecule has 0 unspecified atom stereocenters. The Morgan fingerprint density at radius 3 is 1.00 bits per heavy atom. The summed E-state index contributed by atoms with van der Waals surface area (Å²) in [6.45, 7) is 10.8. The molecule has 1 heteroatoms. The van der Waals surface area contributed by atoms with Crippen LogP contribution in [0.2, 0.25) is 0 Å². The molecule has 0 N–H and O–H groups in total. The minimum Gasteiger partial charge on any atom is -0.304 e. The Morgan fingerprint density at radius 1 is 0.391 bits per heavy atom. The van der Waals surface area contributed by atoms with E-state index in [1.165, 1.54) is 122 Å². The molecule has 23 heavy (non-hydrogen) atoms. The van der Waals surface area contributed by atoms with Crippen molar-refractivity contribution in [2.45, 2.75) is 124 Å². The van der Waals surface area contributed by atoms with Crippen LogP contribution in [0.5, 0.6) is 0 Å². The highest BCUT2D eigenvalue weighted by molar-refractivity contribution is 4.57. The zero-order valence-electron chi connectivity index (χ0n) is 16.9. The summed E-state index contributed by atoms with van der Waals surface area (Å²) in [7, 11) is 0. The standard InChI is InChI=1S/C22H47N/c1-4-7-9-11-13-15-17-19-21-23(6-3)22-20-18-16-14-12-10-8-5-2/h4-22H2,1-3H3. The third-order valence-corrected chi connectivity index (χ3v) is 5.10. The summed E-state index contributed by atoms with van der Waals surface area (Å²) >= 11 is 0. The van der Waals surface area contributed by atoms with Gasteiger partial charge in [0.1, 0.15) is 0 Å². The van der Waals surface area contributed by atoms with Gasteiger partial charge in [-0.2, -0.15) is 0 Å². The first-order valence-corrected chi connectivity index (χ1v) is 11.1. The first-order chi connectivity index (χ1) is 11.3. The minimum atomic E-state index is 1.24. The molecule has 0 aliphatic rings. The van der Waals surface area contributed by atoms with Gasteiger partial charge in [0.25, 0.3) is 0 Å². The first-order valence-electron chi connectivity index (χ1n) is 11.1. The van der Waals surface area contributed by atoms with Crippen LogP contribution < -0.4 is 0 Å². The quantitative estimate of drug-likeness (QED) is 0.221. The Hall–Kier alpha value is -0.0400. The first kappa shape index (κ1) is 23.0. The van der Waals surface area contributed by atoms with Crippen LogP contribution in [-0.2, 0) is 0 Å². The molecule has 0 radical (unpaired) electrons. The molecule has 0 bridgehead atoms. The highest BCUT2D eigenvalue weighted by atomic mass is 15.1. The number of hydrogen-bond acceptors (Lipinski definition) is 1. The number of unbranched alkanes of at least 4 members (excludes halogenated alkanes) is 14. The van der Waals surface area contributed by atoms with Gasteiger partial charge in [-0.05, 0) is 32.5 Å². The molecule has 0 aromatic carbocycles. The Balaban J connectivity index is 3.29. The largest absolute Gasteiger partial charge is 0.304 e. The SMILES string of the molecule is CCCCCCCCCCN(CC)CCCCCCCCCC. The van der Waals surface area contributed by atoms with Gasteiger partial charge in [-0.15, -0.1) is 0 Å². The maximum Gasteiger partial charge on any atom is -0.00189 e. The number of hydrogen-bond donors (Lipinski definition) is 0. The normalized spacial score (nSPS) is 11.5. The van der Waals surface area contributed by atoms with E-state index in [2.05, 4.69) is 25.7 Å². The van der Waals surface area contributed by atoms with Gasteiger partial charge >= 0.3 is 0 Å². The van der Waals surface area contributed by atoms with Gasteiger partial charge in [0, 0.05) is 0 Å². The molecular weight excluding hydrogens is 278 g/mol. The van der Waals surface area contributed by atoms with Crippen LogP contribution in [0.15, 0.2) is 0 Å². The maximum atomic E-state index is 2.67. The summed E-state index contributed by atoms with van der Waals surface area (Å²) in [5.74, 6) is 0. The highest BCUT2D eigenvalue weighted by Gasteiger charge is 2.02. The lowest BCUT2D eigenvalue weighted by molar-refractivity contribution is 0.273. The second kappa shape index (κ2) is 20.0. The molecule has 0 aliphatic heterocycles. The molecule has 0 amide bonds. The van der Waals surface area contributed by atoms with E-state index < -0.39 is 0 Å². The third kappa shape index (κ3) is 18.1. The molecule has 0 heterocycles. The molecule has 0 atom stereocenters. The van der Waals surface area contributed by atoms with Gasteiger partial charge in [-0.1, -0.05) is 111 Å². The van der Waals surface area contributed by atoms with Gasteiger partial charge in [0.2, 0.25) is 0 Å². The monoisotopic (exact) mass is 325 g/mol. The van der Waals surface area contributed by atoms with Crippen LogP contribution in [0.4, 0.5) is 0 Å². The topological polar surface area (TPSA) is 3.24 Å². The van der Waals surface area contributed by atoms with Gasteiger partial charge < -0.3 is 4.90 Å². The average Bonchev–Trinajstić information content (AvgIpc) is 2.57. The molecule has 0 aliphatic carbocycles. The van der Waals surface area contributed by atoms with Crippen LogP contribution >= 0.6 is 0 Å². The second-order valence-corrected chi connectivity index (χ2v) is 7.38. The van der Waals surface area contributed by atoms with E-state index >= 15 is 0 Å². The predicted octanol–water partition coefficient (Wildman–Crippen LogP) is 7.59. The minimum absolute atomic E-state index is 1.24. The van der Waals surface area contributed by atoms with Crippen molar-refractivity contribution in [3.8, 4) is 0 Å². The average molecular weight is 326 g/mol. The van der Waals surface area contributed by atoms with Crippen molar-refractivity contribution in [1.29, 1.82) is 0 Å². The number of rotatable bonds is 19. The van der Waals surface area contributed by atoms with Crippen molar-refractivity contribution in [3.63, 3.8) is 0 Å². The fourth-order valence-corrected chi connectivity index (χ4v) is 3.37. The van der Waals surface area contributed by atoms with Crippen LogP contribution in [0.25, 0.3) is 0 Å². The van der Waals surface area contributed by atoms with E-state index in [1.807, 2.05) is 0 Å². The van der Waals surface area contributed by atoms with Gasteiger partial charge in [-0.25, -0.2) is 0 Å². The summed E-state index contributed by atoms with van der Waals surface area (Å²) in [5.41, 5.74) is 0. The fraction of sp³-hybridized carbons (Fsp3) is 1.00. The van der Waals surface area contributed by atoms with Crippen molar-refractivity contribution < 1.29 is 0 Å². The molecule has 0 fully saturated rings. The zero-order valence-corrected chi connectivity index (χ0v) is 16.9. The van der Waals surface area contributed by atoms with Crippen LogP contribution in [0.1, 0.15) is 124 Å². The maximum absolute atomic E-state index is 2.67. The molecule has 0 spiro atoms. The van der Waals surface area contributed by atoms with Crippen molar-refractivity contribution in [1.82, 2.24) is 4.90 Å². The van der Waals surface area contributed by atoms with Gasteiger partial charge in [0.05, 0.1) is 0 Å². The van der Waals surface area contributed by atoms with Crippen molar-refractivity contribution >= 4 is 0 Å². The van der Waals surface area contributed by atoms with Gasteiger partial charge in [0.15, 0.2) is 0 Å². The predicted molar refractivity (Wildman–Crippen MR) is 107 cm³/mol. The molecular formula is C22H47N. The molecule has 0 aromatic rings. The lowest BCUT2D eigenvalue weighted by Crippen LogP contribution is -2.25. The molecule has 0 saturated heterocycles. The lowest BCUT2D eigenvalue weighted by Gasteiger charge is -2.20. The summed E-state index contributed by atoms with van der Waals surface area (Å²) in [5, 5.41) is 0. The van der Waals surface area contributed by atoms with E-state index in [1.54, 1.807) is 0 Å². The Labute approximate surface area is 148 Å². The van der Waals surface area contributed by atoms with Crippen molar-refractivity contribution in [2.75, 3.05) is 19.6 Å². The van der Waals surface area contributed by atoms with Crippen molar-refractivity contribution in [3.05, 3.63) is 0 Å². The Bertz CT molecular complexity index is 182. The third-order valence-electron chi connectivity index (χ3n) is 5.10. The van der Waals surface area contributed by atoms with Crippen molar-refractivity contribution in [2.24, 2.45) is 0 Å². The van der Waals surface area contributed by atoms with Gasteiger partial charge in [-0.3, -0.25) is 0 Å². The van der Waals surface area contributed by atoms with E-state index in [4.69, 9.17) is 0 Å². The Kier molecular flexibility index (Phi) is 20.0. The van der Waals surface area contributed by atoms with E-state index in [-0.39, 0.29) is 0 Å². The van der Waals surface area contributed by atoms with Crippen LogP contribution in [0.3, 0.4) is 0 Å². The van der Waals surface area contributed by atoms with E-state index in [9.17, 15) is 0 Å². The second-order valence-electron chi connectivity index (χ2n) is 7.38. The van der Waals surface area contributed by atoms with E-state index in [0.717, 1.165) is 0 Å². The zero-order chi connectivity index (χ0) is 17.0. The molecule has 0 rings (SSSR count). The smallest absolute Gasteiger partial charge is 0.00189 e. The molecule has 0 saturated carbocycles. The molecule has 1 nitrogen and oxygen atoms in total. The van der Waals surface area contributed by atoms with Crippen LogP contribution in [-0.4, -0.2) is 24.5 Å². The Morgan fingerprint density at radius 2 is 0.696 bits per heavy atom.